The maximum absolute atomic E-state index is 13.1. The third-order valence-electron chi connectivity index (χ3n) is 5.50. The number of carbonyl (C=O) groups excluding carboxylic acids is 2. The Labute approximate surface area is 212 Å². The molecule has 3 rings (SSSR count). The fourth-order valence-electron chi connectivity index (χ4n) is 3.86. The number of benzene rings is 2. The van der Waals surface area contributed by atoms with Crippen molar-refractivity contribution in [3.8, 4) is 5.75 Å². The summed E-state index contributed by atoms with van der Waals surface area (Å²) in [6.07, 6.45) is -1.02. The Morgan fingerprint density at radius 2 is 1.91 bits per heavy atom. The molecule has 1 unspecified atom stereocenters. The maximum atomic E-state index is 13.1. The first-order valence-electron chi connectivity index (χ1n) is 10.8. The highest BCUT2D eigenvalue weighted by Crippen LogP contribution is 2.29. The SMILES string of the molecule is C[C@@H]1CN(Cc2ccc(F)cc2)CCN1C(=O)COc1ccc(Br)cc1C(O)C(=O)NS(C)(=O)=O. The predicted molar refractivity (Wildman–Crippen MR) is 130 cm³/mol. The smallest absolute Gasteiger partial charge is 0.267 e. The molecular weight excluding hydrogens is 545 g/mol. The zero-order valence-corrected chi connectivity index (χ0v) is 21.7. The number of ether oxygens (including phenoxy) is 1. The van der Waals surface area contributed by atoms with E-state index in [1.807, 2.05) is 6.92 Å². The number of nitrogens with one attached hydrogen (secondary N) is 1. The van der Waals surface area contributed by atoms with Gasteiger partial charge in [-0.3, -0.25) is 19.2 Å². The summed E-state index contributed by atoms with van der Waals surface area (Å²) in [5.41, 5.74) is 1.01. The number of halogens is 2. The molecule has 2 N–H and O–H groups in total. The van der Waals surface area contributed by atoms with Gasteiger partial charge in [-0.2, -0.15) is 0 Å². The minimum atomic E-state index is -3.87. The zero-order chi connectivity index (χ0) is 25.8. The van der Waals surface area contributed by atoms with E-state index in [4.69, 9.17) is 4.74 Å². The number of aliphatic hydroxyl groups excluding tert-OH is 1. The molecule has 0 aromatic heterocycles. The molecule has 0 radical (unpaired) electrons. The highest BCUT2D eigenvalue weighted by atomic mass is 79.9. The number of aliphatic hydroxyl groups is 1. The lowest BCUT2D eigenvalue weighted by Gasteiger charge is -2.40. The molecule has 35 heavy (non-hydrogen) atoms. The van der Waals surface area contributed by atoms with Crippen LogP contribution in [0.5, 0.6) is 5.75 Å². The molecule has 0 bridgehead atoms. The number of rotatable bonds is 8. The Bertz CT molecular complexity index is 1180. The van der Waals surface area contributed by atoms with Gasteiger partial charge in [0.2, 0.25) is 10.0 Å². The molecule has 9 nitrogen and oxygen atoms in total. The second-order valence-electron chi connectivity index (χ2n) is 8.41. The van der Waals surface area contributed by atoms with Crippen LogP contribution in [0.2, 0.25) is 0 Å². The normalized spacial score (nSPS) is 17.6. The quantitative estimate of drug-likeness (QED) is 0.496. The Kier molecular flexibility index (Phi) is 8.86. The molecular formula is C23H27BrFN3O6S. The first kappa shape index (κ1) is 27.1. The average molecular weight is 572 g/mol. The van der Waals surface area contributed by atoms with Crippen molar-refractivity contribution in [1.82, 2.24) is 14.5 Å². The lowest BCUT2D eigenvalue weighted by molar-refractivity contribution is -0.138. The largest absolute Gasteiger partial charge is 0.483 e. The zero-order valence-electron chi connectivity index (χ0n) is 19.3. The third kappa shape index (κ3) is 7.72. The standard InChI is InChI=1S/C23H27BrFN3O6S/c1-15-12-27(13-16-3-6-18(25)7-4-16)9-10-28(15)21(29)14-34-20-8-5-17(24)11-19(20)22(30)23(31)26-35(2,32)33/h3-8,11,15,22,30H,9-10,12-14H2,1-2H3,(H,26,31)/t15-,22?/m1/s1. The van der Waals surface area contributed by atoms with Crippen LogP contribution in [0.4, 0.5) is 4.39 Å². The van der Waals surface area contributed by atoms with Crippen LogP contribution in [0.1, 0.15) is 24.2 Å². The van der Waals surface area contributed by atoms with Gasteiger partial charge in [0.1, 0.15) is 11.6 Å². The molecule has 1 aliphatic heterocycles. The minimum Gasteiger partial charge on any atom is -0.483 e. The third-order valence-corrected chi connectivity index (χ3v) is 6.57. The molecule has 1 aliphatic rings. The van der Waals surface area contributed by atoms with Crippen molar-refractivity contribution in [3.63, 3.8) is 0 Å². The number of piperazine rings is 1. The topological polar surface area (TPSA) is 116 Å². The van der Waals surface area contributed by atoms with Gasteiger partial charge in [0.05, 0.1) is 6.26 Å². The van der Waals surface area contributed by atoms with Gasteiger partial charge in [-0.25, -0.2) is 12.8 Å². The van der Waals surface area contributed by atoms with Crippen molar-refractivity contribution < 1.29 is 32.2 Å². The van der Waals surface area contributed by atoms with Gasteiger partial charge in [-0.1, -0.05) is 28.1 Å². The second-order valence-corrected chi connectivity index (χ2v) is 11.1. The lowest BCUT2D eigenvalue weighted by atomic mass is 10.1. The van der Waals surface area contributed by atoms with Crippen LogP contribution in [-0.2, 0) is 26.2 Å². The highest BCUT2D eigenvalue weighted by Gasteiger charge is 2.29. The van der Waals surface area contributed by atoms with E-state index < -0.39 is 22.0 Å². The summed E-state index contributed by atoms with van der Waals surface area (Å²) in [5.74, 6) is -1.59. The van der Waals surface area contributed by atoms with Gasteiger partial charge in [-0.05, 0) is 42.8 Å². The second kappa shape index (κ2) is 11.5. The van der Waals surface area contributed by atoms with Crippen LogP contribution < -0.4 is 9.46 Å². The van der Waals surface area contributed by atoms with Crippen molar-refractivity contribution in [2.75, 3.05) is 32.5 Å². The van der Waals surface area contributed by atoms with Crippen LogP contribution in [0.25, 0.3) is 0 Å². The molecule has 2 amide bonds. The van der Waals surface area contributed by atoms with Crippen molar-refractivity contribution in [2.24, 2.45) is 0 Å². The maximum Gasteiger partial charge on any atom is 0.267 e. The molecule has 0 spiro atoms. The number of hydrogen-bond acceptors (Lipinski definition) is 7. The molecule has 0 saturated carbocycles. The van der Waals surface area contributed by atoms with Crippen LogP contribution >= 0.6 is 15.9 Å². The molecule has 0 aliphatic carbocycles. The minimum absolute atomic E-state index is 0.0190. The number of carbonyl (C=O) groups is 2. The Balaban J connectivity index is 1.60. The van der Waals surface area contributed by atoms with Gasteiger partial charge < -0.3 is 14.7 Å². The summed E-state index contributed by atoms with van der Waals surface area (Å²) in [6, 6.07) is 10.8. The van der Waals surface area contributed by atoms with Gasteiger partial charge >= 0.3 is 0 Å². The van der Waals surface area contributed by atoms with E-state index in [2.05, 4.69) is 20.8 Å². The summed E-state index contributed by atoms with van der Waals surface area (Å²) in [6.45, 7) is 4.02. The summed E-state index contributed by atoms with van der Waals surface area (Å²) >= 11 is 3.24. The monoisotopic (exact) mass is 571 g/mol. The Hall–Kier alpha value is -2.54. The lowest BCUT2D eigenvalue weighted by Crippen LogP contribution is -2.54. The van der Waals surface area contributed by atoms with Crippen LogP contribution in [-0.4, -0.2) is 73.7 Å². The Morgan fingerprint density at radius 3 is 2.54 bits per heavy atom. The van der Waals surface area contributed by atoms with Gasteiger partial charge in [0, 0.05) is 42.3 Å². The van der Waals surface area contributed by atoms with E-state index in [0.29, 0.717) is 30.7 Å². The molecule has 1 saturated heterocycles. The molecule has 2 atom stereocenters. The number of sulfonamides is 1. The first-order chi connectivity index (χ1) is 16.4. The van der Waals surface area contributed by atoms with E-state index in [1.54, 1.807) is 27.8 Å². The molecule has 2 aromatic carbocycles. The number of amides is 2. The highest BCUT2D eigenvalue weighted by molar-refractivity contribution is 9.10. The number of hydrogen-bond donors (Lipinski definition) is 2. The van der Waals surface area contributed by atoms with Crippen molar-refractivity contribution >= 4 is 37.8 Å². The number of nitrogens with zero attached hydrogens (tertiary/aromatic N) is 2. The van der Waals surface area contributed by atoms with E-state index in [0.717, 1.165) is 11.8 Å². The molecule has 1 fully saturated rings. The fraction of sp³-hybridized carbons (Fsp3) is 0.391. The van der Waals surface area contributed by atoms with Crippen molar-refractivity contribution in [2.45, 2.75) is 25.6 Å². The average Bonchev–Trinajstić information content (AvgIpc) is 2.78. The summed E-state index contributed by atoms with van der Waals surface area (Å²) in [7, 11) is -3.87. The molecule has 190 valence electrons. The van der Waals surface area contributed by atoms with E-state index in [-0.39, 0.29) is 35.7 Å². The molecule has 1 heterocycles. The van der Waals surface area contributed by atoms with Gasteiger partial charge in [0.15, 0.2) is 12.7 Å². The summed E-state index contributed by atoms with van der Waals surface area (Å²) in [4.78, 5) is 28.9. The molecule has 2 aromatic rings. The van der Waals surface area contributed by atoms with Crippen LogP contribution in [0.15, 0.2) is 46.9 Å². The summed E-state index contributed by atoms with van der Waals surface area (Å²) < 4.78 is 43.7. The van der Waals surface area contributed by atoms with E-state index in [9.17, 15) is 27.5 Å². The van der Waals surface area contributed by atoms with Gasteiger partial charge in [-0.15, -0.1) is 0 Å². The first-order valence-corrected chi connectivity index (χ1v) is 13.5. The Morgan fingerprint density at radius 1 is 1.23 bits per heavy atom. The van der Waals surface area contributed by atoms with Gasteiger partial charge in [0.25, 0.3) is 11.8 Å². The van der Waals surface area contributed by atoms with Crippen LogP contribution in [0, 0.1) is 5.82 Å². The fourth-order valence-corrected chi connectivity index (χ4v) is 4.72. The van der Waals surface area contributed by atoms with E-state index in [1.165, 1.54) is 24.3 Å². The van der Waals surface area contributed by atoms with Crippen molar-refractivity contribution in [3.05, 3.63) is 63.9 Å². The summed E-state index contributed by atoms with van der Waals surface area (Å²) in [5, 5.41) is 10.4. The van der Waals surface area contributed by atoms with E-state index >= 15 is 0 Å². The predicted octanol–water partition coefficient (Wildman–Crippen LogP) is 1.81. The molecule has 12 heteroatoms. The van der Waals surface area contributed by atoms with Crippen molar-refractivity contribution in [1.29, 1.82) is 0 Å². The van der Waals surface area contributed by atoms with Crippen LogP contribution in [0.3, 0.4) is 0 Å².